The number of carbonyl (C=O) groups excluding carboxylic acids is 1. The highest BCUT2D eigenvalue weighted by atomic mass is 16.2. The molecule has 2 N–H and O–H groups in total. The molecule has 2 fully saturated rings. The molecule has 6 heteroatoms. The fourth-order valence-electron chi connectivity index (χ4n) is 3.19. The third-order valence-corrected chi connectivity index (χ3v) is 4.24. The molecule has 6 nitrogen and oxygen atoms in total. The van der Waals surface area contributed by atoms with E-state index in [0.717, 1.165) is 49.8 Å². The zero-order chi connectivity index (χ0) is 13.6. The molecule has 104 valence electrons. The molecule has 3 rings (SSSR count). The van der Waals surface area contributed by atoms with Crippen LogP contribution in [-0.4, -0.2) is 46.3 Å². The van der Waals surface area contributed by atoms with Gasteiger partial charge in [-0.3, -0.25) is 4.79 Å². The van der Waals surface area contributed by atoms with Crippen LogP contribution in [0.2, 0.25) is 0 Å². The Bertz CT molecular complexity index is 509. The fourth-order valence-corrected chi connectivity index (χ4v) is 3.19. The molecule has 0 bridgehead atoms. The Hall–Kier alpha value is -1.72. The highest BCUT2D eigenvalue weighted by molar-refractivity contribution is 5.79. The van der Waals surface area contributed by atoms with Gasteiger partial charge in [0, 0.05) is 38.6 Å². The molecule has 0 aromatic carbocycles. The molecule has 1 atom stereocenters. The summed E-state index contributed by atoms with van der Waals surface area (Å²) in [4.78, 5) is 16.0. The Morgan fingerprint density at radius 2 is 2.21 bits per heavy atom. The Morgan fingerprint density at radius 3 is 2.95 bits per heavy atom. The summed E-state index contributed by atoms with van der Waals surface area (Å²) in [6.07, 6.45) is 1.66. The Balaban J connectivity index is 1.86. The lowest BCUT2D eigenvalue weighted by molar-refractivity contribution is -0.129. The number of fused-ring (bicyclic) bond motifs is 1. The summed E-state index contributed by atoms with van der Waals surface area (Å²) >= 11 is 0. The summed E-state index contributed by atoms with van der Waals surface area (Å²) in [6.45, 7) is 7.36. The van der Waals surface area contributed by atoms with E-state index in [0.29, 0.717) is 18.4 Å². The number of anilines is 2. The van der Waals surface area contributed by atoms with Gasteiger partial charge in [-0.05, 0) is 20.3 Å². The number of nitrogens with two attached hydrogens (primary N) is 1. The van der Waals surface area contributed by atoms with Crippen LogP contribution < -0.4 is 10.6 Å². The van der Waals surface area contributed by atoms with Gasteiger partial charge < -0.3 is 15.5 Å². The summed E-state index contributed by atoms with van der Waals surface area (Å²) in [7, 11) is 0. The molecule has 2 aliphatic rings. The van der Waals surface area contributed by atoms with E-state index in [-0.39, 0.29) is 0 Å². The predicted molar refractivity (Wildman–Crippen MR) is 74.0 cm³/mol. The zero-order valence-electron chi connectivity index (χ0n) is 11.6. The van der Waals surface area contributed by atoms with E-state index in [1.165, 1.54) is 0 Å². The molecule has 1 aromatic rings. The number of amides is 1. The van der Waals surface area contributed by atoms with Crippen molar-refractivity contribution in [3.05, 3.63) is 5.69 Å². The van der Waals surface area contributed by atoms with Crippen molar-refractivity contribution in [3.8, 4) is 0 Å². The molecule has 0 spiro atoms. The first-order valence-electron chi connectivity index (χ1n) is 6.99. The topological polar surface area (TPSA) is 67.4 Å². The Morgan fingerprint density at radius 1 is 1.42 bits per heavy atom. The fraction of sp³-hybridized carbons (Fsp3) is 0.692. The second-order valence-electron chi connectivity index (χ2n) is 5.36. The number of piperazine rings is 1. The maximum Gasteiger partial charge on any atom is 0.223 e. The maximum atomic E-state index is 11.7. The van der Waals surface area contributed by atoms with Crippen molar-refractivity contribution in [2.75, 3.05) is 30.3 Å². The van der Waals surface area contributed by atoms with E-state index < -0.39 is 0 Å². The zero-order valence-corrected chi connectivity index (χ0v) is 11.6. The summed E-state index contributed by atoms with van der Waals surface area (Å²) in [5.74, 6) is 1.33. The van der Waals surface area contributed by atoms with Gasteiger partial charge >= 0.3 is 0 Å². The minimum absolute atomic E-state index is 0.304. The largest absolute Gasteiger partial charge is 0.394 e. The molecule has 2 aliphatic heterocycles. The first-order chi connectivity index (χ1) is 9.11. The van der Waals surface area contributed by atoms with Crippen LogP contribution in [0.5, 0.6) is 0 Å². The molecular weight excluding hydrogens is 242 g/mol. The first kappa shape index (κ1) is 12.3. The minimum atomic E-state index is 0.304. The number of hydrogen-bond donors (Lipinski definition) is 1. The molecule has 0 saturated carbocycles. The summed E-state index contributed by atoms with van der Waals surface area (Å²) in [6, 6.07) is 0.348. The Kier molecular flexibility index (Phi) is 2.88. The van der Waals surface area contributed by atoms with Crippen molar-refractivity contribution < 1.29 is 4.79 Å². The van der Waals surface area contributed by atoms with Gasteiger partial charge in [0.05, 0.1) is 11.4 Å². The van der Waals surface area contributed by atoms with Crippen molar-refractivity contribution in [1.29, 1.82) is 0 Å². The summed E-state index contributed by atoms with van der Waals surface area (Å²) < 4.78 is 1.97. The molecule has 2 saturated heterocycles. The summed E-state index contributed by atoms with van der Waals surface area (Å²) in [5.41, 5.74) is 7.84. The SMILES string of the molecule is CCn1nc(C)c(N)c1N1CCN2C(=O)CCC2C1. The highest BCUT2D eigenvalue weighted by Crippen LogP contribution is 2.31. The van der Waals surface area contributed by atoms with Crippen LogP contribution in [0.25, 0.3) is 0 Å². The van der Waals surface area contributed by atoms with Crippen molar-refractivity contribution in [1.82, 2.24) is 14.7 Å². The molecule has 3 heterocycles. The number of aryl methyl sites for hydroxylation is 2. The normalized spacial score (nSPS) is 23.1. The molecule has 1 unspecified atom stereocenters. The lowest BCUT2D eigenvalue weighted by atomic mass is 10.1. The van der Waals surface area contributed by atoms with Gasteiger partial charge in [-0.15, -0.1) is 0 Å². The highest BCUT2D eigenvalue weighted by Gasteiger charge is 2.36. The van der Waals surface area contributed by atoms with Gasteiger partial charge in [0.1, 0.15) is 0 Å². The van der Waals surface area contributed by atoms with Crippen molar-refractivity contribution in [2.45, 2.75) is 39.3 Å². The van der Waals surface area contributed by atoms with Crippen LogP contribution in [0.1, 0.15) is 25.5 Å². The standard InChI is InChI=1S/C13H21N5O/c1-3-18-13(12(14)9(2)15-18)16-6-7-17-10(8-16)4-5-11(17)19/h10H,3-8,14H2,1-2H3. The van der Waals surface area contributed by atoms with Gasteiger partial charge in [-0.2, -0.15) is 5.10 Å². The number of nitrogen functional groups attached to an aromatic ring is 1. The lowest BCUT2D eigenvalue weighted by Crippen LogP contribution is -2.52. The van der Waals surface area contributed by atoms with E-state index in [4.69, 9.17) is 5.73 Å². The number of hydrogen-bond acceptors (Lipinski definition) is 4. The quantitative estimate of drug-likeness (QED) is 0.848. The second kappa shape index (κ2) is 4.43. The van der Waals surface area contributed by atoms with Gasteiger partial charge in [0.2, 0.25) is 5.91 Å². The Labute approximate surface area is 113 Å². The van der Waals surface area contributed by atoms with Crippen LogP contribution in [0.15, 0.2) is 0 Å². The van der Waals surface area contributed by atoms with Crippen molar-refractivity contribution >= 4 is 17.4 Å². The van der Waals surface area contributed by atoms with E-state index >= 15 is 0 Å². The monoisotopic (exact) mass is 263 g/mol. The number of rotatable bonds is 2. The number of nitrogens with zero attached hydrogens (tertiary/aromatic N) is 4. The molecule has 19 heavy (non-hydrogen) atoms. The molecular formula is C13H21N5O. The predicted octanol–water partition coefficient (Wildman–Crippen LogP) is 0.605. The number of aromatic nitrogens is 2. The van der Waals surface area contributed by atoms with Crippen LogP contribution in [0, 0.1) is 6.92 Å². The smallest absolute Gasteiger partial charge is 0.223 e. The van der Waals surface area contributed by atoms with Gasteiger partial charge in [0.15, 0.2) is 5.82 Å². The third-order valence-electron chi connectivity index (χ3n) is 4.24. The summed E-state index contributed by atoms with van der Waals surface area (Å²) in [5, 5.41) is 4.47. The van der Waals surface area contributed by atoms with Crippen LogP contribution in [-0.2, 0) is 11.3 Å². The first-order valence-corrected chi connectivity index (χ1v) is 6.99. The molecule has 0 aliphatic carbocycles. The van der Waals surface area contributed by atoms with Crippen molar-refractivity contribution in [3.63, 3.8) is 0 Å². The van der Waals surface area contributed by atoms with E-state index in [2.05, 4.69) is 16.9 Å². The lowest BCUT2D eigenvalue weighted by Gasteiger charge is -2.38. The maximum absolute atomic E-state index is 11.7. The second-order valence-corrected chi connectivity index (χ2v) is 5.36. The van der Waals surface area contributed by atoms with Crippen LogP contribution >= 0.6 is 0 Å². The van der Waals surface area contributed by atoms with Gasteiger partial charge in [-0.25, -0.2) is 4.68 Å². The average Bonchev–Trinajstić information content (AvgIpc) is 2.91. The van der Waals surface area contributed by atoms with Crippen molar-refractivity contribution in [2.24, 2.45) is 0 Å². The molecule has 1 aromatic heterocycles. The van der Waals surface area contributed by atoms with Gasteiger partial charge in [0.25, 0.3) is 0 Å². The third kappa shape index (κ3) is 1.86. The minimum Gasteiger partial charge on any atom is -0.394 e. The van der Waals surface area contributed by atoms with E-state index in [1.54, 1.807) is 0 Å². The molecule has 0 radical (unpaired) electrons. The van der Waals surface area contributed by atoms with Gasteiger partial charge in [-0.1, -0.05) is 0 Å². The van der Waals surface area contributed by atoms with Crippen LogP contribution in [0.4, 0.5) is 11.5 Å². The molecule has 1 amide bonds. The van der Waals surface area contributed by atoms with E-state index in [9.17, 15) is 4.79 Å². The number of carbonyl (C=O) groups is 1. The van der Waals surface area contributed by atoms with E-state index in [1.807, 2.05) is 16.5 Å². The average molecular weight is 263 g/mol. The van der Waals surface area contributed by atoms with Crippen LogP contribution in [0.3, 0.4) is 0 Å².